The maximum absolute atomic E-state index is 11.6. The number of amides is 1. The van der Waals surface area contributed by atoms with Crippen LogP contribution in [-0.2, 0) is 0 Å². The third kappa shape index (κ3) is 4.14. The Morgan fingerprint density at radius 3 is 2.94 bits per heavy atom. The SMILES string of the molecule is CC(CCBr)CNC(=O)c1ccc(=O)[nH]n1. The number of halogens is 1. The van der Waals surface area contributed by atoms with Crippen molar-refractivity contribution in [3.63, 3.8) is 0 Å². The number of H-pyrrole nitrogens is 1. The summed E-state index contributed by atoms with van der Waals surface area (Å²) in [5, 5.41) is 9.54. The van der Waals surface area contributed by atoms with Gasteiger partial charge in [-0.25, -0.2) is 5.10 Å². The first-order valence-electron chi connectivity index (χ1n) is 5.03. The van der Waals surface area contributed by atoms with E-state index in [9.17, 15) is 9.59 Å². The van der Waals surface area contributed by atoms with Gasteiger partial charge in [0.2, 0.25) is 0 Å². The second-order valence-electron chi connectivity index (χ2n) is 3.60. The van der Waals surface area contributed by atoms with Crippen LogP contribution >= 0.6 is 15.9 Å². The molecule has 2 N–H and O–H groups in total. The van der Waals surface area contributed by atoms with Crippen molar-refractivity contribution in [2.45, 2.75) is 13.3 Å². The van der Waals surface area contributed by atoms with Gasteiger partial charge in [0.25, 0.3) is 11.5 Å². The minimum absolute atomic E-state index is 0.227. The maximum atomic E-state index is 11.6. The zero-order chi connectivity index (χ0) is 12.0. The van der Waals surface area contributed by atoms with Gasteiger partial charge in [0.1, 0.15) is 5.69 Å². The predicted octanol–water partition coefficient (Wildman–Crippen LogP) is 0.921. The molecular weight excluding hydrogens is 274 g/mol. The number of aromatic nitrogens is 2. The van der Waals surface area contributed by atoms with Crippen molar-refractivity contribution in [1.82, 2.24) is 15.5 Å². The van der Waals surface area contributed by atoms with Gasteiger partial charge in [-0.3, -0.25) is 9.59 Å². The van der Waals surface area contributed by atoms with Crippen molar-refractivity contribution in [1.29, 1.82) is 0 Å². The van der Waals surface area contributed by atoms with Gasteiger partial charge in [-0.05, 0) is 18.4 Å². The van der Waals surface area contributed by atoms with E-state index in [-0.39, 0.29) is 17.2 Å². The molecule has 0 fully saturated rings. The Labute approximate surface area is 102 Å². The monoisotopic (exact) mass is 287 g/mol. The highest BCUT2D eigenvalue weighted by atomic mass is 79.9. The summed E-state index contributed by atoms with van der Waals surface area (Å²) in [6, 6.07) is 2.69. The topological polar surface area (TPSA) is 74.8 Å². The van der Waals surface area contributed by atoms with Crippen molar-refractivity contribution < 1.29 is 4.79 Å². The molecule has 88 valence electrons. The lowest BCUT2D eigenvalue weighted by Crippen LogP contribution is -2.29. The second kappa shape index (κ2) is 6.42. The van der Waals surface area contributed by atoms with Gasteiger partial charge in [-0.2, -0.15) is 5.10 Å². The number of alkyl halides is 1. The summed E-state index contributed by atoms with van der Waals surface area (Å²) >= 11 is 3.35. The number of aromatic amines is 1. The number of hydrogen-bond donors (Lipinski definition) is 2. The van der Waals surface area contributed by atoms with Crippen LogP contribution in [0.5, 0.6) is 0 Å². The van der Waals surface area contributed by atoms with Crippen LogP contribution < -0.4 is 10.9 Å². The molecule has 5 nitrogen and oxygen atoms in total. The summed E-state index contributed by atoms with van der Waals surface area (Å²) in [4.78, 5) is 22.3. The number of rotatable bonds is 5. The van der Waals surface area contributed by atoms with Crippen LogP contribution in [0.4, 0.5) is 0 Å². The highest BCUT2D eigenvalue weighted by molar-refractivity contribution is 9.09. The molecule has 1 heterocycles. The van der Waals surface area contributed by atoms with Gasteiger partial charge in [-0.1, -0.05) is 22.9 Å². The molecule has 0 aliphatic carbocycles. The molecule has 1 aromatic rings. The molecule has 1 amide bonds. The molecule has 1 aromatic heterocycles. The van der Waals surface area contributed by atoms with E-state index < -0.39 is 0 Å². The van der Waals surface area contributed by atoms with E-state index in [1.165, 1.54) is 12.1 Å². The van der Waals surface area contributed by atoms with E-state index in [4.69, 9.17) is 0 Å². The first-order chi connectivity index (χ1) is 7.63. The lowest BCUT2D eigenvalue weighted by atomic mass is 10.1. The van der Waals surface area contributed by atoms with Crippen LogP contribution in [0.2, 0.25) is 0 Å². The van der Waals surface area contributed by atoms with E-state index in [0.717, 1.165) is 11.8 Å². The highest BCUT2D eigenvalue weighted by Crippen LogP contribution is 2.02. The number of hydrogen-bond acceptors (Lipinski definition) is 3. The largest absolute Gasteiger partial charge is 0.350 e. The molecule has 1 rings (SSSR count). The lowest BCUT2D eigenvalue weighted by molar-refractivity contribution is 0.0942. The molecular formula is C10H14BrN3O2. The molecule has 0 spiro atoms. The van der Waals surface area contributed by atoms with Crippen molar-refractivity contribution in [3.05, 3.63) is 28.2 Å². The maximum Gasteiger partial charge on any atom is 0.271 e. The summed E-state index contributed by atoms with van der Waals surface area (Å²) in [6.45, 7) is 2.66. The van der Waals surface area contributed by atoms with Gasteiger partial charge in [0.05, 0.1) is 0 Å². The quantitative estimate of drug-likeness (QED) is 0.791. The predicted molar refractivity (Wildman–Crippen MR) is 64.8 cm³/mol. The summed E-state index contributed by atoms with van der Waals surface area (Å²) in [6.07, 6.45) is 0.999. The van der Waals surface area contributed by atoms with Gasteiger partial charge < -0.3 is 5.32 Å². The van der Waals surface area contributed by atoms with Gasteiger partial charge >= 0.3 is 0 Å². The molecule has 0 aliphatic heterocycles. The summed E-state index contributed by atoms with van der Waals surface area (Å²) < 4.78 is 0. The van der Waals surface area contributed by atoms with Crippen molar-refractivity contribution >= 4 is 21.8 Å². The van der Waals surface area contributed by atoms with E-state index in [1.54, 1.807) is 0 Å². The third-order valence-corrected chi connectivity index (χ3v) is 2.58. The molecule has 0 saturated carbocycles. The fraction of sp³-hybridized carbons (Fsp3) is 0.500. The number of carbonyl (C=O) groups excluding carboxylic acids is 1. The molecule has 0 radical (unpaired) electrons. The van der Waals surface area contributed by atoms with Crippen LogP contribution in [0.3, 0.4) is 0 Å². The normalized spacial score (nSPS) is 12.1. The molecule has 0 saturated heterocycles. The zero-order valence-electron chi connectivity index (χ0n) is 9.00. The number of nitrogens with zero attached hydrogens (tertiary/aromatic N) is 1. The highest BCUT2D eigenvalue weighted by Gasteiger charge is 2.08. The lowest BCUT2D eigenvalue weighted by Gasteiger charge is -2.10. The first-order valence-corrected chi connectivity index (χ1v) is 6.15. The van der Waals surface area contributed by atoms with Crippen LogP contribution in [0, 0.1) is 5.92 Å². The Morgan fingerprint density at radius 2 is 2.38 bits per heavy atom. The molecule has 16 heavy (non-hydrogen) atoms. The Bertz CT molecular complexity index is 385. The van der Waals surface area contributed by atoms with Gasteiger partial charge in [-0.15, -0.1) is 0 Å². The molecule has 0 aromatic carbocycles. The average Bonchev–Trinajstić information content (AvgIpc) is 2.27. The van der Waals surface area contributed by atoms with Gasteiger partial charge in [0.15, 0.2) is 0 Å². The molecule has 0 bridgehead atoms. The third-order valence-electron chi connectivity index (χ3n) is 2.12. The molecule has 6 heteroatoms. The minimum Gasteiger partial charge on any atom is -0.350 e. The van der Waals surface area contributed by atoms with E-state index in [0.29, 0.717) is 12.5 Å². The standard InChI is InChI=1S/C10H14BrN3O2/c1-7(4-5-11)6-12-10(16)8-2-3-9(15)14-13-8/h2-3,7H,4-6H2,1H3,(H,12,16)(H,14,15). The summed E-state index contributed by atoms with van der Waals surface area (Å²) in [7, 11) is 0. The minimum atomic E-state index is -0.316. The fourth-order valence-electron chi connectivity index (χ4n) is 1.12. The summed E-state index contributed by atoms with van der Waals surface area (Å²) in [5.74, 6) is 0.142. The second-order valence-corrected chi connectivity index (χ2v) is 4.39. The average molecular weight is 288 g/mol. The molecule has 1 unspecified atom stereocenters. The first kappa shape index (κ1) is 12.9. The van der Waals surface area contributed by atoms with Crippen LogP contribution in [0.15, 0.2) is 16.9 Å². The molecule has 0 aliphatic rings. The molecule has 1 atom stereocenters. The fourth-order valence-corrected chi connectivity index (χ4v) is 1.90. The number of nitrogens with one attached hydrogen (secondary N) is 2. The van der Waals surface area contributed by atoms with Crippen LogP contribution in [0.1, 0.15) is 23.8 Å². The Hall–Kier alpha value is -1.17. The Kier molecular flexibility index (Phi) is 5.18. The van der Waals surface area contributed by atoms with E-state index >= 15 is 0 Å². The van der Waals surface area contributed by atoms with Crippen molar-refractivity contribution in [2.75, 3.05) is 11.9 Å². The smallest absolute Gasteiger partial charge is 0.271 e. The Balaban J connectivity index is 2.46. The van der Waals surface area contributed by atoms with Crippen LogP contribution in [0.25, 0.3) is 0 Å². The summed E-state index contributed by atoms with van der Waals surface area (Å²) in [5.41, 5.74) is -0.0881. The van der Waals surface area contributed by atoms with Gasteiger partial charge in [0, 0.05) is 17.9 Å². The zero-order valence-corrected chi connectivity index (χ0v) is 10.6. The number of carbonyl (C=O) groups is 1. The van der Waals surface area contributed by atoms with Crippen molar-refractivity contribution in [3.8, 4) is 0 Å². The van der Waals surface area contributed by atoms with E-state index in [2.05, 4.69) is 38.4 Å². The van der Waals surface area contributed by atoms with Crippen LogP contribution in [-0.4, -0.2) is 28.0 Å². The Morgan fingerprint density at radius 1 is 1.62 bits per heavy atom. The van der Waals surface area contributed by atoms with Crippen molar-refractivity contribution in [2.24, 2.45) is 5.92 Å². The van der Waals surface area contributed by atoms with E-state index in [1.807, 2.05) is 0 Å².